The Balaban J connectivity index is 1.37. The van der Waals surface area contributed by atoms with E-state index in [9.17, 15) is 4.21 Å². The van der Waals surface area contributed by atoms with Crippen molar-refractivity contribution in [3.8, 4) is 11.4 Å². The van der Waals surface area contributed by atoms with Crippen LogP contribution >= 0.6 is 0 Å². The lowest BCUT2D eigenvalue weighted by molar-refractivity contribution is 0.312. The molecule has 0 bridgehead atoms. The first-order valence-electron chi connectivity index (χ1n) is 12.4. The maximum absolute atomic E-state index is 12.1. The number of rotatable bonds is 8. The lowest BCUT2D eigenvalue weighted by atomic mass is 10.2. The van der Waals surface area contributed by atoms with Crippen molar-refractivity contribution in [2.75, 3.05) is 55.3 Å². The van der Waals surface area contributed by atoms with Gasteiger partial charge in [0.2, 0.25) is 5.95 Å². The van der Waals surface area contributed by atoms with Crippen LogP contribution in [0.4, 0.5) is 23.0 Å². The number of nitrogens with zero attached hydrogens (tertiary/aromatic N) is 5. The predicted octanol–water partition coefficient (Wildman–Crippen LogP) is 4.41. The zero-order valence-electron chi connectivity index (χ0n) is 21.6. The van der Waals surface area contributed by atoms with Crippen LogP contribution in [-0.2, 0) is 11.0 Å². The molecule has 0 radical (unpaired) electrons. The average Bonchev–Trinajstić information content (AvgIpc) is 3.33. The molecule has 0 saturated carbocycles. The van der Waals surface area contributed by atoms with Gasteiger partial charge in [-0.2, -0.15) is 4.98 Å². The number of benzene rings is 2. The van der Waals surface area contributed by atoms with Crippen molar-refractivity contribution in [3.05, 3.63) is 60.9 Å². The quantitative estimate of drug-likeness (QED) is 0.357. The van der Waals surface area contributed by atoms with Gasteiger partial charge < -0.3 is 29.1 Å². The smallest absolute Gasteiger partial charge is 0.229 e. The maximum Gasteiger partial charge on any atom is 0.229 e. The Morgan fingerprint density at radius 3 is 2.43 bits per heavy atom. The fourth-order valence-corrected chi connectivity index (χ4v) is 4.88. The van der Waals surface area contributed by atoms with Crippen LogP contribution in [-0.4, -0.2) is 69.2 Å². The fraction of sp³-hybridized carbons (Fsp3) is 0.333. The van der Waals surface area contributed by atoms with Crippen molar-refractivity contribution in [3.63, 3.8) is 0 Å². The van der Waals surface area contributed by atoms with Crippen LogP contribution in [0.2, 0.25) is 0 Å². The molecule has 10 heteroatoms. The van der Waals surface area contributed by atoms with Gasteiger partial charge in [-0.25, -0.2) is 9.19 Å². The molecular weight excluding hydrogens is 486 g/mol. The van der Waals surface area contributed by atoms with Gasteiger partial charge in [0.05, 0.1) is 12.8 Å². The molecule has 1 aliphatic heterocycles. The minimum absolute atomic E-state index is 0.0392. The third kappa shape index (κ3) is 5.55. The Morgan fingerprint density at radius 1 is 1.00 bits per heavy atom. The van der Waals surface area contributed by atoms with Gasteiger partial charge in [0, 0.05) is 72.3 Å². The third-order valence-corrected chi connectivity index (χ3v) is 7.81. The maximum atomic E-state index is 12.1. The summed E-state index contributed by atoms with van der Waals surface area (Å²) in [5.41, 5.74) is 4.52. The summed E-state index contributed by atoms with van der Waals surface area (Å²) in [6, 6.07) is 16.0. The molecular formula is C27H33N7O2S. The Hall–Kier alpha value is -3.63. The Morgan fingerprint density at radius 2 is 1.73 bits per heavy atom. The van der Waals surface area contributed by atoms with Crippen LogP contribution in [0.1, 0.15) is 13.8 Å². The van der Waals surface area contributed by atoms with E-state index in [1.165, 1.54) is 0 Å². The number of fused-ring (bicyclic) bond motifs is 1. The van der Waals surface area contributed by atoms with Gasteiger partial charge in [-0.05, 0) is 63.4 Å². The van der Waals surface area contributed by atoms with Gasteiger partial charge in [-0.1, -0.05) is 0 Å². The molecule has 1 atom stereocenters. The molecule has 5 rings (SSSR count). The molecule has 3 heterocycles. The van der Waals surface area contributed by atoms with Crippen LogP contribution in [0.25, 0.3) is 16.7 Å². The van der Waals surface area contributed by atoms with Crippen LogP contribution in [0.3, 0.4) is 0 Å². The Bertz CT molecular complexity index is 1400. The predicted molar refractivity (Wildman–Crippen MR) is 152 cm³/mol. The first-order chi connectivity index (χ1) is 17.9. The summed E-state index contributed by atoms with van der Waals surface area (Å²) < 4.78 is 22.9. The first-order valence-corrected chi connectivity index (χ1v) is 13.6. The van der Waals surface area contributed by atoms with Crippen molar-refractivity contribution < 1.29 is 8.95 Å². The summed E-state index contributed by atoms with van der Waals surface area (Å²) in [5.74, 6) is 1.24. The number of piperazine rings is 1. The molecule has 194 valence electrons. The summed E-state index contributed by atoms with van der Waals surface area (Å²) in [7, 11) is 2.71. The SMILES string of the molecule is COc1cc(N2CCN(C)CC2)ccc1Nc1ncc2ccn(-c3ccc(NS(=O)C(C)C)cc3)c2n1. The minimum Gasteiger partial charge on any atom is -0.494 e. The second-order valence-corrected chi connectivity index (χ2v) is 11.2. The average molecular weight is 520 g/mol. The molecule has 0 spiro atoms. The zero-order chi connectivity index (χ0) is 25.9. The van der Waals surface area contributed by atoms with Crippen molar-refractivity contribution in [1.82, 2.24) is 19.4 Å². The van der Waals surface area contributed by atoms with Crippen molar-refractivity contribution >= 4 is 45.0 Å². The number of ether oxygens (including phenoxy) is 1. The van der Waals surface area contributed by atoms with Gasteiger partial charge in [0.25, 0.3) is 0 Å². The summed E-state index contributed by atoms with van der Waals surface area (Å²) in [6.07, 6.45) is 3.79. The molecule has 1 unspecified atom stereocenters. The second-order valence-electron chi connectivity index (χ2n) is 9.45. The van der Waals surface area contributed by atoms with Gasteiger partial charge in [-0.3, -0.25) is 0 Å². The third-order valence-electron chi connectivity index (χ3n) is 6.52. The number of anilines is 4. The largest absolute Gasteiger partial charge is 0.494 e. The lowest BCUT2D eigenvalue weighted by Crippen LogP contribution is -2.44. The fourth-order valence-electron chi connectivity index (χ4n) is 4.28. The molecule has 2 aromatic carbocycles. The molecule has 1 saturated heterocycles. The molecule has 37 heavy (non-hydrogen) atoms. The van der Waals surface area contributed by atoms with Gasteiger partial charge in [0.15, 0.2) is 0 Å². The normalized spacial score (nSPS) is 15.2. The first kappa shape index (κ1) is 25.0. The summed E-state index contributed by atoms with van der Waals surface area (Å²) in [5, 5.41) is 4.31. The standard InChI is InChI=1S/C27H33N7O2S/c1-19(2)37(35)31-21-5-7-22(8-6-21)34-12-11-20-18-28-27(30-26(20)34)29-24-10-9-23(17-25(24)36-4)33-15-13-32(3)14-16-33/h5-12,17-19,31H,13-16H2,1-4H3,(H,28,29,30). The van der Waals surface area contributed by atoms with Crippen molar-refractivity contribution in [2.24, 2.45) is 0 Å². The van der Waals surface area contributed by atoms with E-state index in [0.29, 0.717) is 5.95 Å². The molecule has 0 aliphatic carbocycles. The highest BCUT2D eigenvalue weighted by molar-refractivity contribution is 7.86. The molecule has 0 amide bonds. The number of hydrogen-bond acceptors (Lipinski definition) is 7. The monoisotopic (exact) mass is 519 g/mol. The Labute approximate surface area is 220 Å². The molecule has 9 nitrogen and oxygen atoms in total. The number of likely N-dealkylation sites (N-methyl/N-ethyl adjacent to an activating group) is 1. The summed E-state index contributed by atoms with van der Waals surface area (Å²) >= 11 is 0. The summed E-state index contributed by atoms with van der Waals surface area (Å²) in [6.45, 7) is 7.93. The molecule has 1 fully saturated rings. The lowest BCUT2D eigenvalue weighted by Gasteiger charge is -2.34. The zero-order valence-corrected chi connectivity index (χ0v) is 22.5. The minimum atomic E-state index is -1.12. The highest BCUT2D eigenvalue weighted by Crippen LogP contribution is 2.32. The highest BCUT2D eigenvalue weighted by atomic mass is 32.2. The van der Waals surface area contributed by atoms with Crippen LogP contribution in [0.15, 0.2) is 60.9 Å². The van der Waals surface area contributed by atoms with E-state index in [2.05, 4.69) is 44.0 Å². The summed E-state index contributed by atoms with van der Waals surface area (Å²) in [4.78, 5) is 14.0. The van der Waals surface area contributed by atoms with Gasteiger partial charge >= 0.3 is 0 Å². The van der Waals surface area contributed by atoms with E-state index in [4.69, 9.17) is 9.72 Å². The van der Waals surface area contributed by atoms with E-state index < -0.39 is 11.0 Å². The number of nitrogens with one attached hydrogen (secondary N) is 2. The Kier molecular flexibility index (Phi) is 7.29. The number of methoxy groups -OCH3 is 1. The number of hydrogen-bond donors (Lipinski definition) is 2. The number of aromatic nitrogens is 3. The molecule has 2 N–H and O–H groups in total. The molecule has 4 aromatic rings. The van der Waals surface area contributed by atoms with Crippen LogP contribution < -0.4 is 19.7 Å². The molecule has 1 aliphatic rings. The van der Waals surface area contributed by atoms with Crippen molar-refractivity contribution in [1.29, 1.82) is 0 Å². The second kappa shape index (κ2) is 10.8. The van der Waals surface area contributed by atoms with Crippen LogP contribution in [0.5, 0.6) is 5.75 Å². The van der Waals surface area contributed by atoms with Gasteiger partial charge in [-0.15, -0.1) is 0 Å². The van der Waals surface area contributed by atoms with Crippen LogP contribution in [0, 0.1) is 0 Å². The topological polar surface area (TPSA) is 87.5 Å². The van der Waals surface area contributed by atoms with Gasteiger partial charge in [0.1, 0.15) is 22.4 Å². The van der Waals surface area contributed by atoms with Crippen molar-refractivity contribution in [2.45, 2.75) is 19.1 Å². The van der Waals surface area contributed by atoms with E-state index in [-0.39, 0.29) is 5.25 Å². The highest BCUT2D eigenvalue weighted by Gasteiger charge is 2.17. The van der Waals surface area contributed by atoms with E-state index in [1.807, 2.05) is 67.2 Å². The van der Waals surface area contributed by atoms with E-state index >= 15 is 0 Å². The molecule has 2 aromatic heterocycles. The van der Waals surface area contributed by atoms with E-state index in [0.717, 1.165) is 65.7 Å². The van der Waals surface area contributed by atoms with E-state index in [1.54, 1.807) is 7.11 Å².